The lowest BCUT2D eigenvalue weighted by molar-refractivity contribution is -0.137. The van der Waals surface area contributed by atoms with Gasteiger partial charge in [0.05, 0.1) is 12.1 Å². The van der Waals surface area contributed by atoms with Crippen LogP contribution in [-0.4, -0.2) is 54.8 Å². The van der Waals surface area contributed by atoms with E-state index in [2.05, 4.69) is 12.8 Å². The molecule has 6 nitrogen and oxygen atoms in total. The number of carboxylic acids is 1. The normalized spacial score (nSPS) is 31.0. The van der Waals surface area contributed by atoms with Gasteiger partial charge in [0.1, 0.15) is 0 Å². The molecular weight excluding hydrogens is 276 g/mol. The van der Waals surface area contributed by atoms with Gasteiger partial charge in [-0.2, -0.15) is 16.8 Å². The third kappa shape index (κ3) is 2.55. The number of carbonyl (C=O) groups is 2. The molecule has 18 heavy (non-hydrogen) atoms. The summed E-state index contributed by atoms with van der Waals surface area (Å²) >= 11 is 5.80. The number of nitrogens with zero attached hydrogens (tertiary/aromatic N) is 2. The van der Waals surface area contributed by atoms with Crippen molar-refractivity contribution in [2.45, 2.75) is 43.0 Å². The number of hydroxylamine groups is 2. The third-order valence-electron chi connectivity index (χ3n) is 3.37. The van der Waals surface area contributed by atoms with E-state index in [1.54, 1.807) is 11.8 Å². The predicted molar refractivity (Wildman–Crippen MR) is 69.8 cm³/mol. The van der Waals surface area contributed by atoms with Gasteiger partial charge in [-0.3, -0.25) is 14.3 Å². The smallest absolute Gasteiger partial charge is 0.354 e. The minimum Gasteiger partial charge on any atom is -0.481 e. The number of carbonyl (C=O) groups excluding carboxylic acids is 1. The third-order valence-corrected chi connectivity index (χ3v) is 5.32. The van der Waals surface area contributed by atoms with Crippen molar-refractivity contribution in [2.75, 3.05) is 5.75 Å². The van der Waals surface area contributed by atoms with Gasteiger partial charge in [-0.25, -0.2) is 4.79 Å². The summed E-state index contributed by atoms with van der Waals surface area (Å²) in [7, 11) is 0. The molecule has 2 fully saturated rings. The maximum atomic E-state index is 11.5. The second-order valence-corrected chi connectivity index (χ2v) is 6.24. The van der Waals surface area contributed by atoms with Gasteiger partial charge in [-0.05, 0) is 12.8 Å². The Morgan fingerprint density at radius 2 is 2.22 bits per heavy atom. The lowest BCUT2D eigenvalue weighted by atomic mass is 10.0. The lowest BCUT2D eigenvalue weighted by Crippen LogP contribution is -2.38. The average molecular weight is 292 g/mol. The van der Waals surface area contributed by atoms with E-state index in [-0.39, 0.29) is 23.8 Å². The van der Waals surface area contributed by atoms with E-state index in [0.29, 0.717) is 6.42 Å². The van der Waals surface area contributed by atoms with Crippen LogP contribution in [0.5, 0.6) is 0 Å². The molecule has 2 heterocycles. The molecule has 8 heteroatoms. The highest BCUT2D eigenvalue weighted by Gasteiger charge is 2.52. The molecule has 0 saturated carbocycles. The maximum Gasteiger partial charge on any atom is 0.354 e. The number of hydrogen-bond acceptors (Lipinski definition) is 5. The molecule has 2 aliphatic heterocycles. The Kier molecular flexibility index (Phi) is 4.29. The van der Waals surface area contributed by atoms with Crippen LogP contribution in [0, 0.1) is 0 Å². The van der Waals surface area contributed by atoms with Gasteiger partial charge in [-0.15, -0.1) is 0 Å². The van der Waals surface area contributed by atoms with E-state index in [1.165, 1.54) is 4.31 Å². The van der Waals surface area contributed by atoms with Crippen LogP contribution in [0.3, 0.4) is 0 Å². The Morgan fingerprint density at radius 1 is 1.50 bits per heavy atom. The van der Waals surface area contributed by atoms with Crippen molar-refractivity contribution in [1.82, 2.24) is 9.37 Å². The first-order valence-corrected chi connectivity index (χ1v) is 7.31. The summed E-state index contributed by atoms with van der Waals surface area (Å²) in [5.74, 6) is -0.0195. The van der Waals surface area contributed by atoms with E-state index in [0.717, 1.165) is 23.7 Å². The molecule has 2 saturated heterocycles. The summed E-state index contributed by atoms with van der Waals surface area (Å²) in [6.45, 7) is 0. The first-order chi connectivity index (χ1) is 8.52. The van der Waals surface area contributed by atoms with Gasteiger partial charge in [0.15, 0.2) is 0 Å². The highest BCUT2D eigenvalue weighted by Crippen LogP contribution is 2.41. The van der Waals surface area contributed by atoms with Crippen molar-refractivity contribution in [2.24, 2.45) is 0 Å². The fourth-order valence-electron chi connectivity index (χ4n) is 2.45. The first-order valence-electron chi connectivity index (χ1n) is 5.86. The quantitative estimate of drug-likeness (QED) is 0.309. The van der Waals surface area contributed by atoms with Crippen molar-refractivity contribution in [3.05, 3.63) is 0 Å². The van der Waals surface area contributed by atoms with Gasteiger partial charge in [0, 0.05) is 17.4 Å². The number of thioether (sulfide) groups is 1. The lowest BCUT2D eigenvalue weighted by Gasteiger charge is -2.21. The van der Waals surface area contributed by atoms with Crippen LogP contribution in [0.25, 0.3) is 0 Å². The molecule has 0 aliphatic carbocycles. The number of hydrogen-bond donors (Lipinski definition) is 3. The topological polar surface area (TPSA) is 81.1 Å². The molecule has 0 spiro atoms. The fourth-order valence-corrected chi connectivity index (χ4v) is 4.49. The molecule has 2 N–H and O–H groups in total. The summed E-state index contributed by atoms with van der Waals surface area (Å²) in [6.07, 6.45) is 2.41. The molecule has 2 aliphatic rings. The monoisotopic (exact) mass is 292 g/mol. The van der Waals surface area contributed by atoms with Crippen LogP contribution in [0.15, 0.2) is 0 Å². The molecular formula is C10H16N2O4S2. The van der Waals surface area contributed by atoms with Gasteiger partial charge in [0.25, 0.3) is 0 Å². The number of carboxylic acid groups (broad SMARTS) is 1. The van der Waals surface area contributed by atoms with Crippen molar-refractivity contribution in [3.63, 3.8) is 0 Å². The maximum absolute atomic E-state index is 11.5. The van der Waals surface area contributed by atoms with Crippen molar-refractivity contribution >= 4 is 36.6 Å². The summed E-state index contributed by atoms with van der Waals surface area (Å²) in [5.41, 5.74) is 0. The SMILES string of the molecule is O=C(O)CCCC[C@H]1SC[C@@H]2[C@H]1N(O)C(=O)N2S. The minimum atomic E-state index is -0.784. The number of fused-ring (bicyclic) bond motifs is 1. The molecule has 3 atom stereocenters. The van der Waals surface area contributed by atoms with Crippen molar-refractivity contribution in [1.29, 1.82) is 0 Å². The largest absolute Gasteiger partial charge is 0.481 e. The molecule has 2 rings (SSSR count). The van der Waals surface area contributed by atoms with Crippen LogP contribution >= 0.6 is 24.6 Å². The zero-order valence-corrected chi connectivity index (χ0v) is 11.4. The summed E-state index contributed by atoms with van der Waals surface area (Å²) in [6, 6.07) is -0.741. The minimum absolute atomic E-state index is 0.0553. The summed E-state index contributed by atoms with van der Waals surface area (Å²) < 4.78 is 1.29. The fraction of sp³-hybridized carbons (Fsp3) is 0.800. The molecule has 102 valence electrons. The van der Waals surface area contributed by atoms with Gasteiger partial charge in [-0.1, -0.05) is 19.2 Å². The van der Waals surface area contributed by atoms with E-state index in [9.17, 15) is 14.8 Å². The molecule has 0 radical (unpaired) electrons. The summed E-state index contributed by atoms with van der Waals surface area (Å²) in [4.78, 5) is 21.9. The Bertz CT molecular complexity index is 355. The number of unbranched alkanes of at least 4 members (excludes halogenated alkanes) is 1. The molecule has 0 unspecified atom stereocenters. The molecule has 2 amide bonds. The number of urea groups is 1. The average Bonchev–Trinajstić information content (AvgIpc) is 2.82. The predicted octanol–water partition coefficient (Wildman–Crippen LogP) is 1.46. The molecule has 0 aromatic rings. The first kappa shape index (κ1) is 13.8. The number of amides is 2. The number of thiol groups is 1. The van der Waals surface area contributed by atoms with E-state index >= 15 is 0 Å². The Labute approximate surface area is 115 Å². The summed E-state index contributed by atoms with van der Waals surface area (Å²) in [5, 5.41) is 19.2. The van der Waals surface area contributed by atoms with Gasteiger partial charge in [0.2, 0.25) is 0 Å². The van der Waals surface area contributed by atoms with Crippen LogP contribution in [-0.2, 0) is 4.79 Å². The van der Waals surface area contributed by atoms with E-state index in [4.69, 9.17) is 5.11 Å². The zero-order valence-electron chi connectivity index (χ0n) is 9.73. The van der Waals surface area contributed by atoms with Crippen LogP contribution in [0.1, 0.15) is 25.7 Å². The van der Waals surface area contributed by atoms with Crippen LogP contribution < -0.4 is 0 Å². The zero-order chi connectivity index (χ0) is 13.3. The number of rotatable bonds is 5. The van der Waals surface area contributed by atoms with E-state index in [1.807, 2.05) is 0 Å². The molecule has 0 aromatic heterocycles. The standard InChI is InChI=1S/C10H16N2O4S2/c13-8(14)4-2-1-3-7-9-6(5-18-7)12(17)10(15)11(9)16/h6-7,9,16-17H,1-5H2,(H,13,14)/t6-,7-,9-/m1/s1. The second-order valence-electron chi connectivity index (χ2n) is 4.54. The van der Waals surface area contributed by atoms with Crippen molar-refractivity contribution < 1.29 is 19.9 Å². The highest BCUT2D eigenvalue weighted by molar-refractivity contribution is 8.00. The van der Waals surface area contributed by atoms with Gasteiger partial charge >= 0.3 is 12.0 Å². The Morgan fingerprint density at radius 3 is 2.89 bits per heavy atom. The van der Waals surface area contributed by atoms with Crippen LogP contribution in [0.2, 0.25) is 0 Å². The van der Waals surface area contributed by atoms with E-state index < -0.39 is 12.0 Å². The second kappa shape index (κ2) is 5.58. The highest BCUT2D eigenvalue weighted by atomic mass is 32.2. The van der Waals surface area contributed by atoms with Crippen molar-refractivity contribution in [3.8, 4) is 0 Å². The molecule has 0 bridgehead atoms. The Balaban J connectivity index is 1.84. The Hall–Kier alpha value is -0.600. The molecule has 0 aromatic carbocycles. The van der Waals surface area contributed by atoms with Gasteiger partial charge < -0.3 is 5.11 Å². The number of aliphatic carboxylic acids is 1. The van der Waals surface area contributed by atoms with Crippen LogP contribution in [0.4, 0.5) is 4.79 Å².